The minimum Gasteiger partial charge on any atom is -0.497 e. The third kappa shape index (κ3) is 3.73. The number of hydrogen-bond acceptors (Lipinski definition) is 4. The van der Waals surface area contributed by atoms with Crippen molar-refractivity contribution in [1.82, 2.24) is 5.32 Å². The number of fused-ring (bicyclic) bond motifs is 1. The van der Waals surface area contributed by atoms with Gasteiger partial charge in [-0.25, -0.2) is 0 Å². The van der Waals surface area contributed by atoms with Crippen LogP contribution in [0.3, 0.4) is 0 Å². The molecule has 0 saturated heterocycles. The SMILES string of the molecule is COC(=O)CCNCCC1CCc2ccc(OC)cc21. The van der Waals surface area contributed by atoms with Crippen LogP contribution in [0.4, 0.5) is 0 Å². The summed E-state index contributed by atoms with van der Waals surface area (Å²) in [4.78, 5) is 11.0. The van der Waals surface area contributed by atoms with Gasteiger partial charge >= 0.3 is 5.97 Å². The quantitative estimate of drug-likeness (QED) is 0.613. The van der Waals surface area contributed by atoms with E-state index in [1.54, 1.807) is 7.11 Å². The van der Waals surface area contributed by atoms with Crippen LogP contribution in [0, 0.1) is 0 Å². The van der Waals surface area contributed by atoms with E-state index in [0.717, 1.165) is 25.1 Å². The first-order chi connectivity index (χ1) is 9.74. The molecule has 2 rings (SSSR count). The van der Waals surface area contributed by atoms with Gasteiger partial charge in [0.25, 0.3) is 0 Å². The normalized spacial score (nSPS) is 16.8. The second-order valence-corrected chi connectivity index (χ2v) is 5.17. The summed E-state index contributed by atoms with van der Waals surface area (Å²) in [6.45, 7) is 1.61. The van der Waals surface area contributed by atoms with E-state index in [-0.39, 0.29) is 5.97 Å². The summed E-state index contributed by atoms with van der Waals surface area (Å²) < 4.78 is 9.91. The van der Waals surface area contributed by atoms with E-state index in [9.17, 15) is 4.79 Å². The molecule has 4 heteroatoms. The Labute approximate surface area is 120 Å². The maximum atomic E-state index is 11.0. The average Bonchev–Trinajstić information content (AvgIpc) is 2.88. The topological polar surface area (TPSA) is 47.6 Å². The first-order valence-corrected chi connectivity index (χ1v) is 7.19. The number of benzene rings is 1. The fourth-order valence-corrected chi connectivity index (χ4v) is 2.79. The Balaban J connectivity index is 1.77. The van der Waals surface area contributed by atoms with E-state index in [2.05, 4.69) is 22.2 Å². The van der Waals surface area contributed by atoms with Crippen molar-refractivity contribution >= 4 is 5.97 Å². The van der Waals surface area contributed by atoms with Crippen molar-refractivity contribution < 1.29 is 14.3 Å². The lowest BCUT2D eigenvalue weighted by Gasteiger charge is -2.13. The predicted molar refractivity (Wildman–Crippen MR) is 78.2 cm³/mol. The number of aryl methyl sites for hydroxylation is 1. The molecular weight excluding hydrogens is 254 g/mol. The van der Waals surface area contributed by atoms with E-state index < -0.39 is 0 Å². The van der Waals surface area contributed by atoms with Gasteiger partial charge in [-0.15, -0.1) is 0 Å². The fourth-order valence-electron chi connectivity index (χ4n) is 2.79. The van der Waals surface area contributed by atoms with Crippen LogP contribution in [0.1, 0.15) is 36.3 Å². The number of carbonyl (C=O) groups excluding carboxylic acids is 1. The molecule has 0 fully saturated rings. The molecule has 0 bridgehead atoms. The van der Waals surface area contributed by atoms with Crippen LogP contribution >= 0.6 is 0 Å². The maximum absolute atomic E-state index is 11.0. The van der Waals surface area contributed by atoms with Crippen LogP contribution in [0.2, 0.25) is 0 Å². The minimum absolute atomic E-state index is 0.159. The first-order valence-electron chi connectivity index (χ1n) is 7.19. The van der Waals surface area contributed by atoms with Gasteiger partial charge in [0.2, 0.25) is 0 Å². The molecule has 1 aromatic carbocycles. The number of nitrogens with one attached hydrogen (secondary N) is 1. The van der Waals surface area contributed by atoms with Crippen LogP contribution in [0.15, 0.2) is 18.2 Å². The lowest BCUT2D eigenvalue weighted by atomic mass is 9.97. The highest BCUT2D eigenvalue weighted by molar-refractivity contribution is 5.69. The second kappa shape index (κ2) is 7.29. The maximum Gasteiger partial charge on any atom is 0.306 e. The van der Waals surface area contributed by atoms with Crippen LogP contribution in [-0.2, 0) is 16.0 Å². The molecule has 0 aromatic heterocycles. The molecule has 0 saturated carbocycles. The van der Waals surface area contributed by atoms with E-state index in [4.69, 9.17) is 4.74 Å². The van der Waals surface area contributed by atoms with Crippen molar-refractivity contribution in [2.45, 2.75) is 31.6 Å². The van der Waals surface area contributed by atoms with Crippen molar-refractivity contribution in [2.24, 2.45) is 0 Å². The van der Waals surface area contributed by atoms with Gasteiger partial charge in [0.15, 0.2) is 0 Å². The standard InChI is InChI=1S/C16H23NO3/c1-19-14-6-5-12-3-4-13(15(12)11-14)7-9-17-10-8-16(18)20-2/h5-6,11,13,17H,3-4,7-10H2,1-2H3. The Kier molecular flexibility index (Phi) is 5.41. The number of ether oxygens (including phenoxy) is 2. The van der Waals surface area contributed by atoms with Gasteiger partial charge in [0.1, 0.15) is 5.75 Å². The molecule has 1 atom stereocenters. The molecule has 0 heterocycles. The molecule has 1 aliphatic rings. The van der Waals surface area contributed by atoms with E-state index in [0.29, 0.717) is 18.9 Å². The molecule has 0 amide bonds. The van der Waals surface area contributed by atoms with Crippen molar-refractivity contribution in [1.29, 1.82) is 0 Å². The predicted octanol–water partition coefficient (Wildman–Crippen LogP) is 2.27. The summed E-state index contributed by atoms with van der Waals surface area (Å²) in [6.07, 6.45) is 3.90. The van der Waals surface area contributed by atoms with Crippen molar-refractivity contribution in [3.63, 3.8) is 0 Å². The van der Waals surface area contributed by atoms with Gasteiger partial charge < -0.3 is 14.8 Å². The van der Waals surface area contributed by atoms with Crippen LogP contribution in [0.5, 0.6) is 5.75 Å². The van der Waals surface area contributed by atoms with Gasteiger partial charge in [-0.2, -0.15) is 0 Å². The summed E-state index contributed by atoms with van der Waals surface area (Å²) in [5, 5.41) is 3.30. The molecule has 20 heavy (non-hydrogen) atoms. The lowest BCUT2D eigenvalue weighted by Crippen LogP contribution is -2.21. The minimum atomic E-state index is -0.159. The van der Waals surface area contributed by atoms with Crippen LogP contribution in [-0.4, -0.2) is 33.3 Å². The summed E-state index contributed by atoms with van der Waals surface area (Å²) >= 11 is 0. The first kappa shape index (κ1) is 14.9. The lowest BCUT2D eigenvalue weighted by molar-refractivity contribution is -0.140. The van der Waals surface area contributed by atoms with Crippen molar-refractivity contribution in [3.05, 3.63) is 29.3 Å². The van der Waals surface area contributed by atoms with Gasteiger partial charge in [-0.3, -0.25) is 4.79 Å². The molecule has 0 aliphatic heterocycles. The molecule has 1 aromatic rings. The Hall–Kier alpha value is -1.55. The third-order valence-electron chi connectivity index (χ3n) is 3.96. The van der Waals surface area contributed by atoms with Crippen molar-refractivity contribution in [2.75, 3.05) is 27.3 Å². The van der Waals surface area contributed by atoms with Gasteiger partial charge in [-0.1, -0.05) is 6.07 Å². The molecule has 1 N–H and O–H groups in total. The van der Waals surface area contributed by atoms with E-state index in [1.165, 1.54) is 24.7 Å². The van der Waals surface area contributed by atoms with Gasteiger partial charge in [0, 0.05) is 6.54 Å². The zero-order valence-electron chi connectivity index (χ0n) is 12.3. The Morgan fingerprint density at radius 3 is 2.95 bits per heavy atom. The summed E-state index contributed by atoms with van der Waals surface area (Å²) in [5.74, 6) is 1.38. The summed E-state index contributed by atoms with van der Waals surface area (Å²) in [7, 11) is 3.13. The molecule has 1 unspecified atom stereocenters. The van der Waals surface area contributed by atoms with E-state index >= 15 is 0 Å². The molecule has 0 radical (unpaired) electrons. The summed E-state index contributed by atoms with van der Waals surface area (Å²) in [5.41, 5.74) is 2.88. The number of methoxy groups -OCH3 is 2. The highest BCUT2D eigenvalue weighted by Crippen LogP contribution is 2.37. The average molecular weight is 277 g/mol. The Morgan fingerprint density at radius 1 is 1.35 bits per heavy atom. The zero-order chi connectivity index (χ0) is 14.4. The monoisotopic (exact) mass is 277 g/mol. The highest BCUT2D eigenvalue weighted by Gasteiger charge is 2.22. The highest BCUT2D eigenvalue weighted by atomic mass is 16.5. The molecule has 110 valence electrons. The second-order valence-electron chi connectivity index (χ2n) is 5.17. The number of carbonyl (C=O) groups is 1. The molecule has 4 nitrogen and oxygen atoms in total. The Morgan fingerprint density at radius 2 is 2.20 bits per heavy atom. The number of rotatable bonds is 7. The molecule has 0 spiro atoms. The van der Waals surface area contributed by atoms with Gasteiger partial charge in [0.05, 0.1) is 20.6 Å². The smallest absolute Gasteiger partial charge is 0.306 e. The fraction of sp³-hybridized carbons (Fsp3) is 0.562. The van der Waals surface area contributed by atoms with Crippen LogP contribution < -0.4 is 10.1 Å². The van der Waals surface area contributed by atoms with E-state index in [1.807, 2.05) is 6.07 Å². The number of hydrogen-bond donors (Lipinski definition) is 1. The number of esters is 1. The Bertz CT molecular complexity index is 459. The molecular formula is C16H23NO3. The third-order valence-corrected chi connectivity index (χ3v) is 3.96. The summed E-state index contributed by atoms with van der Waals surface area (Å²) in [6, 6.07) is 6.39. The largest absolute Gasteiger partial charge is 0.497 e. The van der Waals surface area contributed by atoms with Gasteiger partial charge in [-0.05, 0) is 55.0 Å². The molecule has 1 aliphatic carbocycles. The van der Waals surface area contributed by atoms with Crippen molar-refractivity contribution in [3.8, 4) is 5.75 Å². The van der Waals surface area contributed by atoms with Crippen LogP contribution in [0.25, 0.3) is 0 Å². The zero-order valence-corrected chi connectivity index (χ0v) is 12.3.